The van der Waals surface area contributed by atoms with Crippen LogP contribution in [0.4, 0.5) is 10.7 Å². The number of carbonyl (C=O) groups excluding carboxylic acids is 3. The molecule has 0 aliphatic heterocycles. The summed E-state index contributed by atoms with van der Waals surface area (Å²) < 4.78 is 15.9. The van der Waals surface area contributed by atoms with Gasteiger partial charge in [0.05, 0.1) is 24.2 Å². The molecular weight excluding hydrogens is 468 g/mol. The number of methoxy groups -OCH3 is 1. The third-order valence-electron chi connectivity index (χ3n) is 5.13. The topological polar surface area (TPSA) is 103 Å². The Hall–Kier alpha value is -3.85. The number of rotatable bonds is 9. The molecule has 0 unspecified atom stereocenters. The molecule has 0 saturated carbocycles. The van der Waals surface area contributed by atoms with Crippen LogP contribution >= 0.6 is 11.3 Å². The zero-order chi connectivity index (χ0) is 25.5. The molecule has 3 rings (SSSR count). The smallest absolute Gasteiger partial charge is 0.341 e. The van der Waals surface area contributed by atoms with Gasteiger partial charge in [-0.05, 0) is 57.0 Å². The molecule has 0 spiro atoms. The summed E-state index contributed by atoms with van der Waals surface area (Å²) in [5.74, 6) is -0.420. The highest BCUT2D eigenvalue weighted by Gasteiger charge is 2.27. The highest BCUT2D eigenvalue weighted by molar-refractivity contribution is 7.19. The van der Waals surface area contributed by atoms with E-state index in [4.69, 9.17) is 14.2 Å². The summed E-state index contributed by atoms with van der Waals surface area (Å²) in [6.07, 6.45) is 0. The van der Waals surface area contributed by atoms with Crippen LogP contribution in [0, 0.1) is 20.8 Å². The van der Waals surface area contributed by atoms with E-state index in [1.165, 1.54) is 7.11 Å². The molecule has 0 bridgehead atoms. The van der Waals surface area contributed by atoms with Gasteiger partial charge >= 0.3 is 5.97 Å². The van der Waals surface area contributed by atoms with Crippen LogP contribution in [0.5, 0.6) is 11.5 Å². The number of anilines is 2. The molecule has 0 fully saturated rings. The van der Waals surface area contributed by atoms with Gasteiger partial charge in [-0.2, -0.15) is 0 Å². The van der Waals surface area contributed by atoms with Crippen molar-refractivity contribution >= 4 is 39.8 Å². The first kappa shape index (κ1) is 25.8. The molecule has 0 atom stereocenters. The third kappa shape index (κ3) is 6.39. The predicted molar refractivity (Wildman–Crippen MR) is 136 cm³/mol. The van der Waals surface area contributed by atoms with Crippen molar-refractivity contribution in [3.8, 4) is 11.5 Å². The lowest BCUT2D eigenvalue weighted by Crippen LogP contribution is -2.21. The van der Waals surface area contributed by atoms with E-state index >= 15 is 0 Å². The summed E-state index contributed by atoms with van der Waals surface area (Å²) in [6, 6.07) is 12.6. The molecule has 2 aromatic carbocycles. The molecule has 2 amide bonds. The summed E-state index contributed by atoms with van der Waals surface area (Å²) >= 11 is 1.01. The maximum absolute atomic E-state index is 13.1. The molecule has 0 aliphatic carbocycles. The minimum Gasteiger partial charge on any atom is -0.497 e. The van der Waals surface area contributed by atoms with Crippen LogP contribution in [0.25, 0.3) is 0 Å². The summed E-state index contributed by atoms with van der Waals surface area (Å²) in [5, 5.41) is 5.80. The normalized spacial score (nSPS) is 10.4. The Morgan fingerprint density at radius 1 is 0.971 bits per heavy atom. The van der Waals surface area contributed by atoms with Gasteiger partial charge in [-0.1, -0.05) is 23.8 Å². The number of thiophene rings is 1. The fourth-order valence-corrected chi connectivity index (χ4v) is 4.51. The Labute approximate surface area is 208 Å². The van der Waals surface area contributed by atoms with E-state index in [2.05, 4.69) is 10.6 Å². The van der Waals surface area contributed by atoms with Gasteiger partial charge in [0.25, 0.3) is 11.8 Å². The second-order valence-electron chi connectivity index (χ2n) is 7.77. The molecule has 0 aliphatic rings. The minimum absolute atomic E-state index is 0.150. The van der Waals surface area contributed by atoms with Crippen molar-refractivity contribution in [2.75, 3.05) is 31.0 Å². The van der Waals surface area contributed by atoms with E-state index in [0.717, 1.165) is 22.5 Å². The highest BCUT2D eigenvalue weighted by Crippen LogP contribution is 2.34. The number of benzene rings is 2. The van der Waals surface area contributed by atoms with Gasteiger partial charge in [-0.15, -0.1) is 11.3 Å². The fraction of sp³-hybridized carbons (Fsp3) is 0.269. The van der Waals surface area contributed by atoms with Gasteiger partial charge in [0.1, 0.15) is 16.5 Å². The highest BCUT2D eigenvalue weighted by atomic mass is 32.1. The number of hydrogen-bond donors (Lipinski definition) is 2. The molecule has 0 radical (unpaired) electrons. The molecule has 1 aromatic heterocycles. The monoisotopic (exact) mass is 496 g/mol. The van der Waals surface area contributed by atoms with E-state index in [1.807, 2.05) is 32.0 Å². The fourth-order valence-electron chi connectivity index (χ4n) is 3.40. The van der Waals surface area contributed by atoms with Crippen molar-refractivity contribution in [3.05, 3.63) is 69.6 Å². The Kier molecular flexibility index (Phi) is 8.48. The van der Waals surface area contributed by atoms with Crippen LogP contribution in [-0.2, 0) is 9.53 Å². The van der Waals surface area contributed by atoms with Crippen LogP contribution in [0.2, 0.25) is 0 Å². The van der Waals surface area contributed by atoms with E-state index < -0.39 is 11.9 Å². The molecule has 1 heterocycles. The first-order chi connectivity index (χ1) is 16.7. The number of esters is 1. The molecule has 2 N–H and O–H groups in total. The van der Waals surface area contributed by atoms with Gasteiger partial charge in [-0.25, -0.2) is 4.79 Å². The molecule has 35 heavy (non-hydrogen) atoms. The molecule has 0 saturated heterocycles. The molecule has 184 valence electrons. The Balaban J connectivity index is 1.81. The van der Waals surface area contributed by atoms with Gasteiger partial charge in [0, 0.05) is 11.8 Å². The van der Waals surface area contributed by atoms with E-state index in [0.29, 0.717) is 27.6 Å². The van der Waals surface area contributed by atoms with Gasteiger partial charge in [-0.3, -0.25) is 9.59 Å². The standard InChI is InChI=1S/C26H28N2O6S/c1-6-33-26(31)22-17(4)23(24(30)27-20-11-10-15(2)12-16(20)3)35-25(22)28-21(29)14-34-19-9-7-8-18(13-19)32-5/h7-13H,6,14H2,1-5H3,(H,27,30)(H,28,29). The van der Waals surface area contributed by atoms with Crippen molar-refractivity contribution in [2.45, 2.75) is 27.7 Å². The van der Waals surface area contributed by atoms with Crippen molar-refractivity contribution < 1.29 is 28.6 Å². The second kappa shape index (κ2) is 11.5. The van der Waals surface area contributed by atoms with Crippen LogP contribution in [0.1, 0.15) is 43.6 Å². The summed E-state index contributed by atoms with van der Waals surface area (Å²) in [6.45, 7) is 7.08. The van der Waals surface area contributed by atoms with Crippen molar-refractivity contribution in [1.82, 2.24) is 0 Å². The van der Waals surface area contributed by atoms with Crippen LogP contribution in [0.3, 0.4) is 0 Å². The van der Waals surface area contributed by atoms with E-state index in [1.54, 1.807) is 38.1 Å². The van der Waals surface area contributed by atoms with Crippen molar-refractivity contribution in [2.24, 2.45) is 0 Å². The van der Waals surface area contributed by atoms with Gasteiger partial charge in [0.15, 0.2) is 6.61 Å². The van der Waals surface area contributed by atoms with Crippen LogP contribution in [0.15, 0.2) is 42.5 Å². The number of carbonyl (C=O) groups is 3. The molecule has 9 heteroatoms. The quantitative estimate of drug-likeness (QED) is 0.398. The van der Waals surface area contributed by atoms with Gasteiger partial charge in [0.2, 0.25) is 0 Å². The summed E-state index contributed by atoms with van der Waals surface area (Å²) in [7, 11) is 1.54. The zero-order valence-electron chi connectivity index (χ0n) is 20.3. The average Bonchev–Trinajstić information content (AvgIpc) is 3.15. The Morgan fingerprint density at radius 2 is 1.71 bits per heavy atom. The lowest BCUT2D eigenvalue weighted by atomic mass is 10.1. The van der Waals surface area contributed by atoms with Crippen molar-refractivity contribution in [3.63, 3.8) is 0 Å². The first-order valence-corrected chi connectivity index (χ1v) is 11.8. The number of nitrogens with one attached hydrogen (secondary N) is 2. The zero-order valence-corrected chi connectivity index (χ0v) is 21.1. The first-order valence-electron chi connectivity index (χ1n) is 11.0. The Bertz CT molecular complexity index is 1250. The summed E-state index contributed by atoms with van der Waals surface area (Å²) in [4.78, 5) is 38.7. The maximum atomic E-state index is 13.1. The van der Waals surface area contributed by atoms with Gasteiger partial charge < -0.3 is 24.8 Å². The molecule has 3 aromatic rings. The largest absolute Gasteiger partial charge is 0.497 e. The molecular formula is C26H28N2O6S. The minimum atomic E-state index is -0.615. The van der Waals surface area contributed by atoms with Crippen LogP contribution in [-0.4, -0.2) is 38.1 Å². The molecule has 8 nitrogen and oxygen atoms in total. The van der Waals surface area contributed by atoms with E-state index in [-0.39, 0.29) is 29.7 Å². The Morgan fingerprint density at radius 3 is 2.40 bits per heavy atom. The van der Waals surface area contributed by atoms with Crippen LogP contribution < -0.4 is 20.1 Å². The maximum Gasteiger partial charge on any atom is 0.341 e. The predicted octanol–water partition coefficient (Wildman–Crippen LogP) is 5.13. The number of aryl methyl sites for hydroxylation is 2. The lowest BCUT2D eigenvalue weighted by molar-refractivity contribution is -0.118. The third-order valence-corrected chi connectivity index (χ3v) is 6.33. The SMILES string of the molecule is CCOC(=O)c1c(NC(=O)COc2cccc(OC)c2)sc(C(=O)Nc2ccc(C)cc2C)c1C. The number of hydrogen-bond acceptors (Lipinski definition) is 7. The van der Waals surface area contributed by atoms with E-state index in [9.17, 15) is 14.4 Å². The number of ether oxygens (including phenoxy) is 3. The average molecular weight is 497 g/mol. The second-order valence-corrected chi connectivity index (χ2v) is 8.79. The lowest BCUT2D eigenvalue weighted by Gasteiger charge is -2.09. The summed E-state index contributed by atoms with van der Waals surface area (Å²) in [5.41, 5.74) is 3.25. The number of amides is 2. The van der Waals surface area contributed by atoms with Crippen molar-refractivity contribution in [1.29, 1.82) is 0 Å².